The van der Waals surface area contributed by atoms with Crippen LogP contribution in [0.15, 0.2) is 36.5 Å². The van der Waals surface area contributed by atoms with E-state index in [-0.39, 0.29) is 6.04 Å². The molecular formula is C16H23N3. The molecule has 1 unspecified atom stereocenters. The highest BCUT2D eigenvalue weighted by Gasteiger charge is 2.16. The zero-order valence-electron chi connectivity index (χ0n) is 12.0. The lowest BCUT2D eigenvalue weighted by atomic mass is 10.0. The maximum atomic E-state index is 5.97. The van der Waals surface area contributed by atoms with Crippen molar-refractivity contribution >= 4 is 10.9 Å². The molecule has 1 aromatic carbocycles. The van der Waals surface area contributed by atoms with Gasteiger partial charge in [0.15, 0.2) is 0 Å². The molecule has 0 aliphatic heterocycles. The van der Waals surface area contributed by atoms with E-state index < -0.39 is 0 Å². The number of nitrogens with zero attached hydrogens (tertiary/aromatic N) is 2. The van der Waals surface area contributed by atoms with Crippen molar-refractivity contribution in [2.75, 3.05) is 20.1 Å². The molecule has 0 aliphatic rings. The third-order valence-electron chi connectivity index (χ3n) is 3.42. The fourth-order valence-electron chi connectivity index (χ4n) is 2.58. The Labute approximate surface area is 115 Å². The van der Waals surface area contributed by atoms with Gasteiger partial charge in [-0.1, -0.05) is 26.0 Å². The van der Waals surface area contributed by atoms with Gasteiger partial charge in [0.25, 0.3) is 0 Å². The summed E-state index contributed by atoms with van der Waals surface area (Å²) >= 11 is 0. The zero-order valence-corrected chi connectivity index (χ0v) is 12.0. The molecule has 0 spiro atoms. The summed E-state index contributed by atoms with van der Waals surface area (Å²) in [4.78, 5) is 6.69. The van der Waals surface area contributed by atoms with Gasteiger partial charge in [-0.2, -0.15) is 0 Å². The standard InChI is InChI=1S/C16H23N3/c1-12(2)11-19(3)16(10-17)14-6-7-15-13(9-14)5-4-8-18-15/h4-9,12,16H,10-11,17H2,1-3H3. The Morgan fingerprint density at radius 3 is 2.74 bits per heavy atom. The van der Waals surface area contributed by atoms with Gasteiger partial charge in [-0.05, 0) is 36.7 Å². The number of benzene rings is 1. The Kier molecular flexibility index (Phi) is 4.51. The Morgan fingerprint density at radius 2 is 2.05 bits per heavy atom. The highest BCUT2D eigenvalue weighted by Crippen LogP contribution is 2.23. The van der Waals surface area contributed by atoms with Gasteiger partial charge in [-0.3, -0.25) is 9.88 Å². The number of rotatable bonds is 5. The summed E-state index contributed by atoms with van der Waals surface area (Å²) in [5.74, 6) is 0.640. The van der Waals surface area contributed by atoms with Crippen LogP contribution in [0.3, 0.4) is 0 Å². The first-order valence-corrected chi connectivity index (χ1v) is 6.86. The van der Waals surface area contributed by atoms with Gasteiger partial charge in [-0.25, -0.2) is 0 Å². The summed E-state index contributed by atoms with van der Waals surface area (Å²) in [5, 5.41) is 1.18. The summed E-state index contributed by atoms with van der Waals surface area (Å²) in [6.45, 7) is 6.14. The average molecular weight is 257 g/mol. The van der Waals surface area contributed by atoms with Crippen molar-refractivity contribution in [3.63, 3.8) is 0 Å². The Morgan fingerprint density at radius 1 is 1.26 bits per heavy atom. The molecule has 0 bridgehead atoms. The van der Waals surface area contributed by atoms with Crippen LogP contribution in [0.25, 0.3) is 10.9 Å². The Hall–Kier alpha value is -1.45. The first-order chi connectivity index (χ1) is 9.11. The van der Waals surface area contributed by atoms with Crippen LogP contribution in [0, 0.1) is 5.92 Å². The van der Waals surface area contributed by atoms with Crippen molar-refractivity contribution in [3.8, 4) is 0 Å². The molecule has 0 radical (unpaired) electrons. The van der Waals surface area contributed by atoms with Crippen molar-refractivity contribution in [3.05, 3.63) is 42.1 Å². The molecule has 0 amide bonds. The molecule has 2 aromatic rings. The molecule has 3 heteroatoms. The summed E-state index contributed by atoms with van der Waals surface area (Å²) in [6, 6.07) is 10.8. The highest BCUT2D eigenvalue weighted by atomic mass is 15.1. The summed E-state index contributed by atoms with van der Waals surface area (Å²) in [5.41, 5.74) is 8.27. The molecule has 2 N–H and O–H groups in total. The summed E-state index contributed by atoms with van der Waals surface area (Å²) in [7, 11) is 2.14. The van der Waals surface area contributed by atoms with E-state index in [4.69, 9.17) is 5.73 Å². The van der Waals surface area contributed by atoms with Gasteiger partial charge in [0.05, 0.1) is 5.52 Å². The first-order valence-electron chi connectivity index (χ1n) is 6.86. The third kappa shape index (κ3) is 3.31. The molecule has 1 atom stereocenters. The number of fused-ring (bicyclic) bond motifs is 1. The van der Waals surface area contributed by atoms with E-state index >= 15 is 0 Å². The van der Waals surface area contributed by atoms with E-state index in [2.05, 4.69) is 55.0 Å². The van der Waals surface area contributed by atoms with E-state index in [1.165, 1.54) is 10.9 Å². The van der Waals surface area contributed by atoms with Crippen molar-refractivity contribution in [1.29, 1.82) is 0 Å². The monoisotopic (exact) mass is 257 g/mol. The van der Waals surface area contributed by atoms with Gasteiger partial charge < -0.3 is 5.73 Å². The molecule has 0 aliphatic carbocycles. The molecule has 19 heavy (non-hydrogen) atoms. The van der Waals surface area contributed by atoms with Crippen LogP contribution in [0.2, 0.25) is 0 Å². The second-order valence-corrected chi connectivity index (χ2v) is 5.54. The fraction of sp³-hybridized carbons (Fsp3) is 0.438. The van der Waals surface area contributed by atoms with Crippen LogP contribution in [0.4, 0.5) is 0 Å². The number of hydrogen-bond acceptors (Lipinski definition) is 3. The van der Waals surface area contributed by atoms with Gasteiger partial charge >= 0.3 is 0 Å². The minimum Gasteiger partial charge on any atom is -0.329 e. The van der Waals surface area contributed by atoms with Crippen LogP contribution in [-0.2, 0) is 0 Å². The van der Waals surface area contributed by atoms with Crippen molar-refractivity contribution in [2.24, 2.45) is 11.7 Å². The highest BCUT2D eigenvalue weighted by molar-refractivity contribution is 5.79. The normalized spacial score (nSPS) is 13.4. The number of pyridine rings is 1. The molecule has 2 rings (SSSR count). The van der Waals surface area contributed by atoms with Gasteiger partial charge in [-0.15, -0.1) is 0 Å². The number of nitrogens with two attached hydrogens (primary N) is 1. The summed E-state index contributed by atoms with van der Waals surface area (Å²) < 4.78 is 0. The van der Waals surface area contributed by atoms with Crippen molar-refractivity contribution in [2.45, 2.75) is 19.9 Å². The Balaban J connectivity index is 2.29. The van der Waals surface area contributed by atoms with Crippen LogP contribution in [0.1, 0.15) is 25.5 Å². The maximum Gasteiger partial charge on any atom is 0.0702 e. The third-order valence-corrected chi connectivity index (χ3v) is 3.42. The van der Waals surface area contributed by atoms with Crippen LogP contribution < -0.4 is 5.73 Å². The molecule has 0 saturated carbocycles. The predicted molar refractivity (Wildman–Crippen MR) is 81.0 cm³/mol. The van der Waals surface area contributed by atoms with Crippen LogP contribution in [0.5, 0.6) is 0 Å². The first kappa shape index (κ1) is 14.0. The molecule has 0 saturated heterocycles. The van der Waals surface area contributed by atoms with E-state index in [9.17, 15) is 0 Å². The van der Waals surface area contributed by atoms with E-state index in [1.807, 2.05) is 12.3 Å². The van der Waals surface area contributed by atoms with Gasteiger partial charge in [0.1, 0.15) is 0 Å². The van der Waals surface area contributed by atoms with Crippen LogP contribution >= 0.6 is 0 Å². The van der Waals surface area contributed by atoms with Gasteiger partial charge in [0.2, 0.25) is 0 Å². The number of likely N-dealkylation sites (N-methyl/N-ethyl adjacent to an activating group) is 1. The molecule has 1 heterocycles. The van der Waals surface area contributed by atoms with E-state index in [0.717, 1.165) is 12.1 Å². The van der Waals surface area contributed by atoms with E-state index in [0.29, 0.717) is 12.5 Å². The lowest BCUT2D eigenvalue weighted by Gasteiger charge is -2.29. The minimum atomic E-state index is 0.270. The number of hydrogen-bond donors (Lipinski definition) is 1. The quantitative estimate of drug-likeness (QED) is 0.895. The van der Waals surface area contributed by atoms with E-state index in [1.54, 1.807) is 0 Å². The second-order valence-electron chi connectivity index (χ2n) is 5.54. The zero-order chi connectivity index (χ0) is 13.8. The van der Waals surface area contributed by atoms with Crippen molar-refractivity contribution in [1.82, 2.24) is 9.88 Å². The van der Waals surface area contributed by atoms with Crippen molar-refractivity contribution < 1.29 is 0 Å². The average Bonchev–Trinajstić information content (AvgIpc) is 2.38. The molecule has 1 aromatic heterocycles. The minimum absolute atomic E-state index is 0.270. The fourth-order valence-corrected chi connectivity index (χ4v) is 2.58. The summed E-state index contributed by atoms with van der Waals surface area (Å²) in [6.07, 6.45) is 1.83. The lowest BCUT2D eigenvalue weighted by molar-refractivity contribution is 0.224. The molecular weight excluding hydrogens is 234 g/mol. The lowest BCUT2D eigenvalue weighted by Crippen LogP contribution is -2.33. The topological polar surface area (TPSA) is 42.1 Å². The number of aromatic nitrogens is 1. The van der Waals surface area contributed by atoms with Gasteiger partial charge in [0, 0.05) is 30.7 Å². The largest absolute Gasteiger partial charge is 0.329 e. The maximum absolute atomic E-state index is 5.97. The second kappa shape index (κ2) is 6.13. The SMILES string of the molecule is CC(C)CN(C)C(CN)c1ccc2ncccc2c1. The molecule has 102 valence electrons. The Bertz CT molecular complexity index is 536. The molecule has 3 nitrogen and oxygen atoms in total. The molecule has 0 fully saturated rings. The van der Waals surface area contributed by atoms with Crippen LogP contribution in [-0.4, -0.2) is 30.0 Å². The smallest absolute Gasteiger partial charge is 0.0702 e. The predicted octanol–water partition coefficient (Wildman–Crippen LogP) is 2.82.